The van der Waals surface area contributed by atoms with Gasteiger partial charge < -0.3 is 15.3 Å². The van der Waals surface area contributed by atoms with E-state index in [2.05, 4.69) is 37.4 Å². The van der Waals surface area contributed by atoms with Crippen LogP contribution in [0.2, 0.25) is 0 Å². The standard InChI is InChI=1S/C18H28N2O2/c1-14-6-5-7-15(2)17(14)9-11-19-18(22)20-12-4-3-8-16(20)10-13-21/h5-7,16,21H,3-4,8-13H2,1-2H3,(H,19,22). The van der Waals surface area contributed by atoms with Crippen LogP contribution < -0.4 is 5.32 Å². The van der Waals surface area contributed by atoms with Gasteiger partial charge in [0.25, 0.3) is 0 Å². The summed E-state index contributed by atoms with van der Waals surface area (Å²) in [5.74, 6) is 0. The Balaban J connectivity index is 1.86. The molecule has 2 rings (SSSR count). The number of amides is 2. The van der Waals surface area contributed by atoms with E-state index >= 15 is 0 Å². The van der Waals surface area contributed by atoms with Crippen molar-refractivity contribution in [3.8, 4) is 0 Å². The highest BCUT2D eigenvalue weighted by molar-refractivity contribution is 5.74. The Labute approximate surface area is 133 Å². The van der Waals surface area contributed by atoms with E-state index in [1.807, 2.05) is 4.90 Å². The molecule has 122 valence electrons. The summed E-state index contributed by atoms with van der Waals surface area (Å²) in [4.78, 5) is 14.3. The number of aliphatic hydroxyl groups is 1. The largest absolute Gasteiger partial charge is 0.396 e. The Morgan fingerprint density at radius 3 is 2.73 bits per heavy atom. The Kier molecular flexibility index (Phi) is 6.25. The summed E-state index contributed by atoms with van der Waals surface area (Å²) in [6.45, 7) is 5.85. The lowest BCUT2D eigenvalue weighted by Gasteiger charge is -2.35. The van der Waals surface area contributed by atoms with Gasteiger partial charge in [-0.3, -0.25) is 0 Å². The van der Waals surface area contributed by atoms with E-state index in [0.29, 0.717) is 13.0 Å². The number of aliphatic hydroxyl groups excluding tert-OH is 1. The van der Waals surface area contributed by atoms with Crippen LogP contribution in [-0.2, 0) is 6.42 Å². The molecule has 1 aromatic carbocycles. The van der Waals surface area contributed by atoms with E-state index in [1.54, 1.807) is 0 Å². The molecule has 0 bridgehead atoms. The molecule has 1 fully saturated rings. The van der Waals surface area contributed by atoms with Gasteiger partial charge in [0.1, 0.15) is 0 Å². The summed E-state index contributed by atoms with van der Waals surface area (Å²) in [5.41, 5.74) is 3.89. The van der Waals surface area contributed by atoms with E-state index in [1.165, 1.54) is 16.7 Å². The molecule has 1 aliphatic heterocycles. The second-order valence-corrected chi connectivity index (χ2v) is 6.21. The zero-order valence-corrected chi connectivity index (χ0v) is 13.8. The number of hydrogen-bond acceptors (Lipinski definition) is 2. The minimum absolute atomic E-state index is 0.0180. The molecule has 1 saturated heterocycles. The lowest BCUT2D eigenvalue weighted by atomic mass is 9.99. The number of benzene rings is 1. The quantitative estimate of drug-likeness (QED) is 0.879. The van der Waals surface area contributed by atoms with Crippen molar-refractivity contribution in [3.63, 3.8) is 0 Å². The number of likely N-dealkylation sites (tertiary alicyclic amines) is 1. The summed E-state index contributed by atoms with van der Waals surface area (Å²) in [6.07, 6.45) is 4.76. The van der Waals surface area contributed by atoms with Gasteiger partial charge in [0, 0.05) is 25.7 Å². The molecule has 0 saturated carbocycles. The molecular formula is C18H28N2O2. The Morgan fingerprint density at radius 2 is 2.05 bits per heavy atom. The molecule has 0 aromatic heterocycles. The molecule has 2 N–H and O–H groups in total. The van der Waals surface area contributed by atoms with Gasteiger partial charge in [-0.05, 0) is 62.6 Å². The number of carbonyl (C=O) groups excluding carboxylic acids is 1. The fraction of sp³-hybridized carbons (Fsp3) is 0.611. The first-order chi connectivity index (χ1) is 10.6. The molecule has 0 spiro atoms. The SMILES string of the molecule is Cc1cccc(C)c1CCNC(=O)N1CCCCC1CCO. The maximum absolute atomic E-state index is 12.4. The molecule has 2 amide bonds. The summed E-state index contributed by atoms with van der Waals surface area (Å²) in [5, 5.41) is 12.2. The molecule has 1 heterocycles. The van der Waals surface area contributed by atoms with E-state index in [9.17, 15) is 4.79 Å². The van der Waals surface area contributed by atoms with E-state index in [0.717, 1.165) is 32.2 Å². The average Bonchev–Trinajstić information content (AvgIpc) is 2.51. The van der Waals surface area contributed by atoms with Crippen molar-refractivity contribution >= 4 is 6.03 Å². The molecule has 22 heavy (non-hydrogen) atoms. The van der Waals surface area contributed by atoms with E-state index < -0.39 is 0 Å². The Hall–Kier alpha value is -1.55. The number of piperidine rings is 1. The highest BCUT2D eigenvalue weighted by Gasteiger charge is 2.25. The molecular weight excluding hydrogens is 276 g/mol. The van der Waals surface area contributed by atoms with Gasteiger partial charge in [-0.1, -0.05) is 18.2 Å². The number of urea groups is 1. The van der Waals surface area contributed by atoms with Crippen LogP contribution in [0.4, 0.5) is 4.79 Å². The summed E-state index contributed by atoms with van der Waals surface area (Å²) in [7, 11) is 0. The second-order valence-electron chi connectivity index (χ2n) is 6.21. The molecule has 4 heteroatoms. The highest BCUT2D eigenvalue weighted by Crippen LogP contribution is 2.19. The predicted molar refractivity (Wildman–Crippen MR) is 89.1 cm³/mol. The molecule has 0 aliphatic carbocycles. The van der Waals surface area contributed by atoms with Crippen molar-refractivity contribution in [2.24, 2.45) is 0 Å². The van der Waals surface area contributed by atoms with Gasteiger partial charge in [-0.15, -0.1) is 0 Å². The fourth-order valence-electron chi connectivity index (χ4n) is 3.36. The van der Waals surface area contributed by atoms with Gasteiger partial charge in [0.15, 0.2) is 0 Å². The first-order valence-electron chi connectivity index (χ1n) is 8.34. The monoisotopic (exact) mass is 304 g/mol. The maximum Gasteiger partial charge on any atom is 0.317 e. The number of hydrogen-bond donors (Lipinski definition) is 2. The van der Waals surface area contributed by atoms with Crippen molar-refractivity contribution in [2.75, 3.05) is 19.7 Å². The highest BCUT2D eigenvalue weighted by atomic mass is 16.3. The number of nitrogens with one attached hydrogen (secondary N) is 1. The van der Waals surface area contributed by atoms with Crippen molar-refractivity contribution in [1.29, 1.82) is 0 Å². The first kappa shape index (κ1) is 16.8. The normalized spacial score (nSPS) is 18.3. The smallest absolute Gasteiger partial charge is 0.317 e. The van der Waals surface area contributed by atoms with Gasteiger partial charge in [0.05, 0.1) is 0 Å². The lowest BCUT2D eigenvalue weighted by molar-refractivity contribution is 0.132. The molecule has 0 radical (unpaired) electrons. The number of rotatable bonds is 5. The topological polar surface area (TPSA) is 52.6 Å². The number of aryl methyl sites for hydroxylation is 2. The predicted octanol–water partition coefficient (Wildman–Crippen LogP) is 2.79. The minimum Gasteiger partial charge on any atom is -0.396 e. The van der Waals surface area contributed by atoms with Crippen LogP contribution in [0.3, 0.4) is 0 Å². The number of carbonyl (C=O) groups is 1. The average molecular weight is 304 g/mol. The van der Waals surface area contributed by atoms with Gasteiger partial charge >= 0.3 is 6.03 Å². The molecule has 1 atom stereocenters. The molecule has 4 nitrogen and oxygen atoms in total. The third-order valence-electron chi connectivity index (χ3n) is 4.65. The van der Waals surface area contributed by atoms with Crippen molar-refractivity contribution in [2.45, 2.75) is 52.0 Å². The van der Waals surface area contributed by atoms with Gasteiger partial charge in [-0.25, -0.2) is 4.79 Å². The van der Waals surface area contributed by atoms with Crippen LogP contribution in [-0.4, -0.2) is 41.8 Å². The van der Waals surface area contributed by atoms with Crippen LogP contribution in [0.25, 0.3) is 0 Å². The molecule has 1 unspecified atom stereocenters. The lowest BCUT2D eigenvalue weighted by Crippen LogP contribution is -2.49. The Morgan fingerprint density at radius 1 is 1.32 bits per heavy atom. The van der Waals surface area contributed by atoms with Gasteiger partial charge in [0.2, 0.25) is 0 Å². The van der Waals surface area contributed by atoms with Crippen LogP contribution in [0, 0.1) is 13.8 Å². The van der Waals surface area contributed by atoms with Gasteiger partial charge in [-0.2, -0.15) is 0 Å². The third kappa shape index (κ3) is 4.23. The summed E-state index contributed by atoms with van der Waals surface area (Å²) >= 11 is 0. The second kappa shape index (κ2) is 8.18. The zero-order valence-electron chi connectivity index (χ0n) is 13.8. The molecule has 1 aliphatic rings. The molecule has 1 aromatic rings. The fourth-order valence-corrected chi connectivity index (χ4v) is 3.36. The van der Waals surface area contributed by atoms with Crippen molar-refractivity contribution in [1.82, 2.24) is 10.2 Å². The summed E-state index contributed by atoms with van der Waals surface area (Å²) < 4.78 is 0. The zero-order chi connectivity index (χ0) is 15.9. The third-order valence-corrected chi connectivity index (χ3v) is 4.65. The van der Waals surface area contributed by atoms with Crippen LogP contribution in [0.1, 0.15) is 42.4 Å². The minimum atomic E-state index is 0.0180. The van der Waals surface area contributed by atoms with E-state index in [4.69, 9.17) is 5.11 Å². The van der Waals surface area contributed by atoms with E-state index in [-0.39, 0.29) is 18.7 Å². The van der Waals surface area contributed by atoms with Crippen LogP contribution in [0.15, 0.2) is 18.2 Å². The van der Waals surface area contributed by atoms with Crippen molar-refractivity contribution in [3.05, 3.63) is 34.9 Å². The maximum atomic E-state index is 12.4. The number of nitrogens with zero attached hydrogens (tertiary/aromatic N) is 1. The first-order valence-corrected chi connectivity index (χ1v) is 8.34. The summed E-state index contributed by atoms with van der Waals surface area (Å²) in [6, 6.07) is 6.52. The Bertz CT molecular complexity index is 480. The van der Waals surface area contributed by atoms with Crippen LogP contribution in [0.5, 0.6) is 0 Å². The van der Waals surface area contributed by atoms with Crippen LogP contribution >= 0.6 is 0 Å². The van der Waals surface area contributed by atoms with Crippen molar-refractivity contribution < 1.29 is 9.90 Å².